The SMILES string of the molecule is CNC(=O)c1cccc2c(C(F)(F)F)c(OC)ccc12. The summed E-state index contributed by atoms with van der Waals surface area (Å²) in [5, 5.41) is 2.59. The number of hydrogen-bond donors (Lipinski definition) is 1. The molecule has 6 heteroatoms. The molecule has 2 rings (SSSR count). The molecule has 0 aliphatic rings. The number of rotatable bonds is 2. The maximum absolute atomic E-state index is 13.2. The van der Waals surface area contributed by atoms with Crippen LogP contribution in [0.25, 0.3) is 10.8 Å². The molecule has 3 nitrogen and oxygen atoms in total. The second-order valence-electron chi connectivity index (χ2n) is 4.12. The van der Waals surface area contributed by atoms with Crippen LogP contribution < -0.4 is 10.1 Å². The van der Waals surface area contributed by atoms with Crippen LogP contribution >= 0.6 is 0 Å². The predicted molar refractivity (Wildman–Crippen MR) is 68.9 cm³/mol. The molecule has 20 heavy (non-hydrogen) atoms. The van der Waals surface area contributed by atoms with Crippen molar-refractivity contribution in [2.24, 2.45) is 0 Å². The van der Waals surface area contributed by atoms with Crippen LogP contribution in [0.2, 0.25) is 0 Å². The van der Waals surface area contributed by atoms with Crippen molar-refractivity contribution in [2.75, 3.05) is 14.2 Å². The zero-order valence-electron chi connectivity index (χ0n) is 10.8. The molecule has 0 fully saturated rings. The number of nitrogens with one attached hydrogen (secondary N) is 1. The van der Waals surface area contributed by atoms with Crippen molar-refractivity contribution in [3.8, 4) is 5.75 Å². The predicted octanol–water partition coefficient (Wildman–Crippen LogP) is 3.23. The Labute approximate surface area is 113 Å². The van der Waals surface area contributed by atoms with Crippen LogP contribution in [0.15, 0.2) is 30.3 Å². The molecule has 0 heterocycles. The first-order valence-electron chi connectivity index (χ1n) is 5.79. The molecular formula is C14H12F3NO2. The van der Waals surface area contributed by atoms with Gasteiger partial charge in [-0.15, -0.1) is 0 Å². The van der Waals surface area contributed by atoms with E-state index in [1.807, 2.05) is 0 Å². The third kappa shape index (κ3) is 2.29. The number of hydrogen-bond acceptors (Lipinski definition) is 2. The fourth-order valence-electron chi connectivity index (χ4n) is 2.13. The van der Waals surface area contributed by atoms with Gasteiger partial charge in [-0.05, 0) is 29.0 Å². The number of carbonyl (C=O) groups excluding carboxylic acids is 1. The normalized spacial score (nSPS) is 11.4. The highest BCUT2D eigenvalue weighted by atomic mass is 19.4. The van der Waals surface area contributed by atoms with Crippen LogP contribution in [0.5, 0.6) is 5.75 Å². The van der Waals surface area contributed by atoms with E-state index in [9.17, 15) is 18.0 Å². The van der Waals surface area contributed by atoms with E-state index in [0.29, 0.717) is 0 Å². The number of amides is 1. The largest absolute Gasteiger partial charge is 0.496 e. The third-order valence-corrected chi connectivity index (χ3v) is 3.00. The number of ether oxygens (including phenoxy) is 1. The van der Waals surface area contributed by atoms with Gasteiger partial charge in [-0.2, -0.15) is 13.2 Å². The minimum atomic E-state index is -4.56. The molecule has 0 spiro atoms. The molecule has 0 saturated heterocycles. The summed E-state index contributed by atoms with van der Waals surface area (Å²) in [7, 11) is 2.61. The Bertz CT molecular complexity index is 665. The molecule has 0 aliphatic heterocycles. The molecule has 0 saturated carbocycles. The number of fused-ring (bicyclic) bond motifs is 1. The maximum Gasteiger partial charge on any atom is 0.420 e. The van der Waals surface area contributed by atoms with E-state index in [-0.39, 0.29) is 22.1 Å². The highest BCUT2D eigenvalue weighted by Crippen LogP contribution is 2.41. The molecule has 1 N–H and O–H groups in total. The van der Waals surface area contributed by atoms with Gasteiger partial charge in [0.15, 0.2) is 0 Å². The van der Waals surface area contributed by atoms with E-state index in [0.717, 1.165) is 0 Å². The summed E-state index contributed by atoms with van der Waals surface area (Å²) in [5.41, 5.74) is -0.679. The molecular weight excluding hydrogens is 271 g/mol. The van der Waals surface area contributed by atoms with Crippen molar-refractivity contribution in [1.82, 2.24) is 5.32 Å². The van der Waals surface area contributed by atoms with Gasteiger partial charge in [0, 0.05) is 12.6 Å². The van der Waals surface area contributed by atoms with Gasteiger partial charge in [-0.1, -0.05) is 12.1 Å². The van der Waals surface area contributed by atoms with Gasteiger partial charge < -0.3 is 10.1 Å². The Morgan fingerprint density at radius 2 is 1.85 bits per heavy atom. The van der Waals surface area contributed by atoms with Crippen molar-refractivity contribution in [1.29, 1.82) is 0 Å². The summed E-state index contributed by atoms with van der Waals surface area (Å²) in [5.74, 6) is -0.701. The minimum absolute atomic E-state index is 0.0575. The average Bonchev–Trinajstić information content (AvgIpc) is 2.43. The second kappa shape index (κ2) is 5.03. The molecule has 0 unspecified atom stereocenters. The van der Waals surface area contributed by atoms with Crippen molar-refractivity contribution < 1.29 is 22.7 Å². The lowest BCUT2D eigenvalue weighted by Gasteiger charge is -2.16. The summed E-state index contributed by atoms with van der Waals surface area (Å²) in [6, 6.07) is 6.90. The Morgan fingerprint density at radius 3 is 2.40 bits per heavy atom. The van der Waals surface area contributed by atoms with Gasteiger partial charge in [0.2, 0.25) is 0 Å². The quantitative estimate of drug-likeness (QED) is 0.919. The van der Waals surface area contributed by atoms with Crippen LogP contribution in [-0.4, -0.2) is 20.1 Å². The lowest BCUT2D eigenvalue weighted by atomic mass is 9.98. The zero-order valence-corrected chi connectivity index (χ0v) is 10.8. The Morgan fingerprint density at radius 1 is 1.15 bits per heavy atom. The van der Waals surface area contributed by atoms with Gasteiger partial charge >= 0.3 is 6.18 Å². The minimum Gasteiger partial charge on any atom is -0.496 e. The van der Waals surface area contributed by atoms with E-state index in [2.05, 4.69) is 5.32 Å². The number of alkyl halides is 3. The summed E-state index contributed by atoms with van der Waals surface area (Å²) in [4.78, 5) is 11.7. The third-order valence-electron chi connectivity index (χ3n) is 3.00. The van der Waals surface area contributed by atoms with E-state index < -0.39 is 17.6 Å². The zero-order chi connectivity index (χ0) is 14.9. The smallest absolute Gasteiger partial charge is 0.420 e. The summed E-state index contributed by atoms with van der Waals surface area (Å²) >= 11 is 0. The van der Waals surface area contributed by atoms with Crippen LogP contribution in [0.4, 0.5) is 13.2 Å². The van der Waals surface area contributed by atoms with Crippen LogP contribution in [0.1, 0.15) is 15.9 Å². The second-order valence-corrected chi connectivity index (χ2v) is 4.12. The van der Waals surface area contributed by atoms with Gasteiger partial charge in [0.25, 0.3) is 5.91 Å². The number of halogens is 3. The van der Waals surface area contributed by atoms with E-state index >= 15 is 0 Å². The molecule has 0 radical (unpaired) electrons. The molecule has 0 atom stereocenters. The Kier molecular flexibility index (Phi) is 3.57. The van der Waals surface area contributed by atoms with E-state index in [1.54, 1.807) is 0 Å². The van der Waals surface area contributed by atoms with E-state index in [4.69, 9.17) is 4.74 Å². The Balaban J connectivity index is 2.86. The molecule has 106 valence electrons. The first kappa shape index (κ1) is 14.2. The molecule has 0 aromatic heterocycles. The highest BCUT2D eigenvalue weighted by Gasteiger charge is 2.36. The molecule has 1 amide bonds. The van der Waals surface area contributed by atoms with Gasteiger partial charge in [-0.25, -0.2) is 0 Å². The number of benzene rings is 2. The molecule has 2 aromatic carbocycles. The van der Waals surface area contributed by atoms with Crippen LogP contribution in [0, 0.1) is 0 Å². The van der Waals surface area contributed by atoms with Crippen LogP contribution in [-0.2, 0) is 6.18 Å². The van der Waals surface area contributed by atoms with Gasteiger partial charge in [0.05, 0.1) is 7.11 Å². The van der Waals surface area contributed by atoms with Crippen molar-refractivity contribution in [3.05, 3.63) is 41.5 Å². The number of carbonyl (C=O) groups is 1. The summed E-state index contributed by atoms with van der Waals surface area (Å²) < 4.78 is 44.4. The average molecular weight is 283 g/mol. The maximum atomic E-state index is 13.2. The standard InChI is InChI=1S/C14H12F3NO2/c1-18-13(19)10-5-3-4-9-8(10)6-7-11(20-2)12(9)14(15,16)17/h3-7H,1-2H3,(H,18,19). The van der Waals surface area contributed by atoms with Crippen LogP contribution in [0.3, 0.4) is 0 Å². The fraction of sp³-hybridized carbons (Fsp3) is 0.214. The number of methoxy groups -OCH3 is 1. The molecule has 0 bridgehead atoms. The van der Waals surface area contributed by atoms with Gasteiger partial charge in [-0.3, -0.25) is 4.79 Å². The first-order valence-corrected chi connectivity index (χ1v) is 5.79. The van der Waals surface area contributed by atoms with Crippen molar-refractivity contribution >= 4 is 16.7 Å². The van der Waals surface area contributed by atoms with Crippen molar-refractivity contribution in [3.63, 3.8) is 0 Å². The Hall–Kier alpha value is -2.24. The van der Waals surface area contributed by atoms with E-state index in [1.165, 1.54) is 44.5 Å². The summed E-state index contributed by atoms with van der Waals surface area (Å²) in [6.07, 6.45) is -4.56. The lowest BCUT2D eigenvalue weighted by molar-refractivity contribution is -0.137. The van der Waals surface area contributed by atoms with Gasteiger partial charge in [0.1, 0.15) is 11.3 Å². The topological polar surface area (TPSA) is 38.3 Å². The fourth-order valence-corrected chi connectivity index (χ4v) is 2.13. The highest BCUT2D eigenvalue weighted by molar-refractivity contribution is 6.08. The summed E-state index contributed by atoms with van der Waals surface area (Å²) in [6.45, 7) is 0. The lowest BCUT2D eigenvalue weighted by Crippen LogP contribution is -2.18. The molecule has 2 aromatic rings. The monoisotopic (exact) mass is 283 g/mol. The first-order chi connectivity index (χ1) is 9.40. The van der Waals surface area contributed by atoms with Crippen molar-refractivity contribution in [2.45, 2.75) is 6.18 Å². The molecule has 0 aliphatic carbocycles.